The normalized spacial score (nSPS) is 24.5. The van der Waals surface area contributed by atoms with Gasteiger partial charge in [0.25, 0.3) is 5.91 Å². The second-order valence-electron chi connectivity index (χ2n) is 6.94. The van der Waals surface area contributed by atoms with E-state index in [2.05, 4.69) is 0 Å². The Balaban J connectivity index is 1.67. The van der Waals surface area contributed by atoms with Gasteiger partial charge in [-0.25, -0.2) is 8.42 Å². The molecule has 2 saturated heterocycles. The first-order chi connectivity index (χ1) is 12.3. The topological polar surface area (TPSA) is 72.9 Å². The average molecular weight is 402 g/mol. The van der Waals surface area contributed by atoms with E-state index in [4.69, 9.17) is 21.1 Å². The molecule has 0 N–H and O–H groups in total. The molecule has 0 saturated carbocycles. The highest BCUT2D eigenvalue weighted by Crippen LogP contribution is 2.24. The van der Waals surface area contributed by atoms with Crippen molar-refractivity contribution in [2.24, 2.45) is 0 Å². The van der Waals surface area contributed by atoms with Crippen LogP contribution in [0.4, 0.5) is 0 Å². The molecule has 0 bridgehead atoms. The summed E-state index contributed by atoms with van der Waals surface area (Å²) < 4.78 is 35.0. The smallest absolute Gasteiger partial charge is 0.260 e. The Morgan fingerprint density at radius 3 is 2.81 bits per heavy atom. The average Bonchev–Trinajstić information content (AvgIpc) is 3.20. The molecule has 2 fully saturated rings. The fourth-order valence-corrected chi connectivity index (χ4v) is 5.44. The molecule has 1 aromatic carbocycles. The summed E-state index contributed by atoms with van der Waals surface area (Å²) in [5, 5.41) is 0.609. The molecule has 8 heteroatoms. The largest absolute Gasteiger partial charge is 0.483 e. The molecule has 2 aliphatic rings. The number of halogens is 1. The van der Waals surface area contributed by atoms with Crippen molar-refractivity contribution < 1.29 is 22.7 Å². The summed E-state index contributed by atoms with van der Waals surface area (Å²) in [4.78, 5) is 14.4. The Bertz CT molecular complexity index is 761. The van der Waals surface area contributed by atoms with Crippen LogP contribution in [0.2, 0.25) is 5.02 Å². The van der Waals surface area contributed by atoms with Gasteiger partial charge < -0.3 is 14.4 Å². The third-order valence-corrected chi connectivity index (χ3v) is 6.87. The summed E-state index contributed by atoms with van der Waals surface area (Å²) in [5.41, 5.74) is 0.847. The molecular weight excluding hydrogens is 378 g/mol. The highest BCUT2D eigenvalue weighted by atomic mass is 35.5. The summed E-state index contributed by atoms with van der Waals surface area (Å²) in [6.45, 7) is 2.84. The number of aryl methyl sites for hydroxylation is 1. The number of nitrogens with zero attached hydrogens (tertiary/aromatic N) is 1. The van der Waals surface area contributed by atoms with Crippen molar-refractivity contribution in [2.45, 2.75) is 38.3 Å². The van der Waals surface area contributed by atoms with Gasteiger partial charge in [0.1, 0.15) is 5.75 Å². The maximum absolute atomic E-state index is 12.8. The minimum absolute atomic E-state index is 0.0193. The number of carbonyl (C=O) groups is 1. The molecule has 0 aliphatic carbocycles. The van der Waals surface area contributed by atoms with Gasteiger partial charge in [-0.2, -0.15) is 0 Å². The monoisotopic (exact) mass is 401 g/mol. The number of hydrogen-bond donors (Lipinski definition) is 0. The van der Waals surface area contributed by atoms with Crippen molar-refractivity contribution >= 4 is 27.3 Å². The first-order valence-corrected chi connectivity index (χ1v) is 11.0. The number of benzene rings is 1. The number of amides is 1. The van der Waals surface area contributed by atoms with E-state index in [1.807, 2.05) is 6.92 Å². The van der Waals surface area contributed by atoms with E-state index in [0.717, 1.165) is 18.4 Å². The lowest BCUT2D eigenvalue weighted by Crippen LogP contribution is -2.47. The zero-order chi connectivity index (χ0) is 18.7. The second-order valence-corrected chi connectivity index (χ2v) is 9.60. The van der Waals surface area contributed by atoms with Crippen LogP contribution >= 0.6 is 11.6 Å². The molecule has 1 aromatic rings. The molecule has 0 radical (unpaired) electrons. The summed E-state index contributed by atoms with van der Waals surface area (Å²) in [6, 6.07) is 4.92. The van der Waals surface area contributed by atoms with E-state index < -0.39 is 9.84 Å². The van der Waals surface area contributed by atoms with Crippen LogP contribution in [0.25, 0.3) is 0 Å². The maximum Gasteiger partial charge on any atom is 0.260 e. The highest BCUT2D eigenvalue weighted by molar-refractivity contribution is 7.91. The highest BCUT2D eigenvalue weighted by Gasteiger charge is 2.36. The van der Waals surface area contributed by atoms with Crippen LogP contribution in [0.15, 0.2) is 18.2 Å². The molecule has 2 aliphatic heterocycles. The van der Waals surface area contributed by atoms with Gasteiger partial charge in [0, 0.05) is 24.2 Å². The SMILES string of the molecule is Cc1cc(Cl)ccc1OCC(=O)N(C[C@H]1CCCO1)[C@H]1CCS(=O)(=O)C1. The Hall–Kier alpha value is -1.31. The molecule has 26 heavy (non-hydrogen) atoms. The number of carbonyl (C=O) groups excluding carboxylic acids is 1. The lowest BCUT2D eigenvalue weighted by molar-refractivity contribution is -0.137. The number of rotatable bonds is 6. The first kappa shape index (κ1) is 19.5. The van der Waals surface area contributed by atoms with Crippen LogP contribution in [-0.4, -0.2) is 62.6 Å². The summed E-state index contributed by atoms with van der Waals surface area (Å²) in [7, 11) is -3.08. The van der Waals surface area contributed by atoms with Gasteiger partial charge in [-0.3, -0.25) is 4.79 Å². The van der Waals surface area contributed by atoms with E-state index in [0.29, 0.717) is 30.3 Å². The van der Waals surface area contributed by atoms with E-state index in [-0.39, 0.29) is 36.2 Å². The summed E-state index contributed by atoms with van der Waals surface area (Å²) in [6.07, 6.45) is 2.30. The van der Waals surface area contributed by atoms with Crippen molar-refractivity contribution in [2.75, 3.05) is 31.3 Å². The van der Waals surface area contributed by atoms with Crippen LogP contribution in [0.3, 0.4) is 0 Å². The molecular formula is C18H24ClNO5S. The van der Waals surface area contributed by atoms with Gasteiger partial charge in [-0.1, -0.05) is 11.6 Å². The Kier molecular flexibility index (Phi) is 6.10. The molecule has 2 heterocycles. The van der Waals surface area contributed by atoms with Gasteiger partial charge in [0.15, 0.2) is 16.4 Å². The maximum atomic E-state index is 12.8. The summed E-state index contributed by atoms with van der Waals surface area (Å²) in [5.74, 6) is 0.533. The van der Waals surface area contributed by atoms with Gasteiger partial charge in [-0.05, 0) is 49.9 Å². The van der Waals surface area contributed by atoms with E-state index in [1.54, 1.807) is 23.1 Å². The minimum atomic E-state index is -3.08. The van der Waals surface area contributed by atoms with Crippen LogP contribution in [0.1, 0.15) is 24.8 Å². The van der Waals surface area contributed by atoms with Crippen molar-refractivity contribution in [1.82, 2.24) is 4.90 Å². The van der Waals surface area contributed by atoms with Crippen molar-refractivity contribution in [1.29, 1.82) is 0 Å². The third-order valence-electron chi connectivity index (χ3n) is 4.88. The molecule has 3 rings (SSSR count). The fourth-order valence-electron chi connectivity index (χ4n) is 3.48. The Morgan fingerprint density at radius 2 is 2.19 bits per heavy atom. The molecule has 6 nitrogen and oxygen atoms in total. The van der Waals surface area contributed by atoms with Crippen molar-refractivity contribution in [3.8, 4) is 5.75 Å². The quantitative estimate of drug-likeness (QED) is 0.730. The first-order valence-electron chi connectivity index (χ1n) is 8.84. The van der Waals surface area contributed by atoms with Crippen molar-refractivity contribution in [3.05, 3.63) is 28.8 Å². The standard InChI is InChI=1S/C18H24ClNO5S/c1-13-9-14(19)4-5-17(13)25-11-18(21)20(10-16-3-2-7-24-16)15-6-8-26(22,23)12-15/h4-5,9,15-16H,2-3,6-8,10-12H2,1H3/t15-,16+/m0/s1. The Labute approximate surface area is 159 Å². The van der Waals surface area contributed by atoms with E-state index in [9.17, 15) is 13.2 Å². The molecule has 144 valence electrons. The van der Waals surface area contributed by atoms with Gasteiger partial charge in [0.05, 0.1) is 17.6 Å². The molecule has 0 aromatic heterocycles. The second kappa shape index (κ2) is 8.15. The Morgan fingerprint density at radius 1 is 1.38 bits per heavy atom. The van der Waals surface area contributed by atoms with E-state index in [1.165, 1.54) is 0 Å². The zero-order valence-corrected chi connectivity index (χ0v) is 16.4. The fraction of sp³-hybridized carbons (Fsp3) is 0.611. The summed E-state index contributed by atoms with van der Waals surface area (Å²) >= 11 is 5.94. The number of sulfone groups is 1. The lowest BCUT2D eigenvalue weighted by Gasteiger charge is -2.30. The molecule has 0 unspecified atom stereocenters. The van der Waals surface area contributed by atoms with Crippen LogP contribution in [0, 0.1) is 6.92 Å². The van der Waals surface area contributed by atoms with Gasteiger partial charge in [0.2, 0.25) is 0 Å². The zero-order valence-electron chi connectivity index (χ0n) is 14.8. The number of hydrogen-bond acceptors (Lipinski definition) is 5. The van der Waals surface area contributed by atoms with Gasteiger partial charge in [-0.15, -0.1) is 0 Å². The van der Waals surface area contributed by atoms with Crippen molar-refractivity contribution in [3.63, 3.8) is 0 Å². The molecule has 0 spiro atoms. The van der Waals surface area contributed by atoms with Gasteiger partial charge >= 0.3 is 0 Å². The van der Waals surface area contributed by atoms with E-state index >= 15 is 0 Å². The van der Waals surface area contributed by atoms with Crippen LogP contribution in [0.5, 0.6) is 5.75 Å². The molecule has 2 atom stereocenters. The van der Waals surface area contributed by atoms with Crippen LogP contribution < -0.4 is 4.74 Å². The predicted octanol–water partition coefficient (Wildman–Crippen LogP) is 2.22. The lowest BCUT2D eigenvalue weighted by atomic mass is 10.1. The number of ether oxygens (including phenoxy) is 2. The van der Waals surface area contributed by atoms with Crippen LogP contribution in [-0.2, 0) is 19.4 Å². The predicted molar refractivity (Wildman–Crippen MR) is 99.4 cm³/mol. The minimum Gasteiger partial charge on any atom is -0.483 e. The molecule has 1 amide bonds. The third kappa shape index (κ3) is 4.90.